The standard InChI is InChI=1S/C7H10O3/c8-3-7(4-9)5-1-2-6(7)10-5/h1-2,5-6,8-9H,3-4H2. The molecule has 0 aromatic heterocycles. The molecule has 1 saturated heterocycles. The van der Waals surface area contributed by atoms with Crippen molar-refractivity contribution in [2.75, 3.05) is 13.2 Å². The average Bonchev–Trinajstić information content (AvgIpc) is 2.48. The number of aliphatic hydroxyl groups excluding tert-OH is 2. The lowest BCUT2D eigenvalue weighted by Crippen LogP contribution is -2.58. The fraction of sp³-hybridized carbons (Fsp3) is 0.714. The van der Waals surface area contributed by atoms with Gasteiger partial charge in [0.1, 0.15) is 0 Å². The minimum absolute atomic E-state index is 0.00579. The number of rotatable bonds is 2. The molecule has 2 heterocycles. The molecule has 10 heavy (non-hydrogen) atoms. The lowest BCUT2D eigenvalue weighted by atomic mass is 9.78. The fourth-order valence-corrected chi connectivity index (χ4v) is 1.60. The van der Waals surface area contributed by atoms with Crippen molar-refractivity contribution in [3.05, 3.63) is 12.2 Å². The zero-order valence-electron chi connectivity index (χ0n) is 5.53. The predicted molar refractivity (Wildman–Crippen MR) is 34.4 cm³/mol. The second-order valence-corrected chi connectivity index (χ2v) is 2.91. The van der Waals surface area contributed by atoms with Crippen molar-refractivity contribution < 1.29 is 14.9 Å². The first-order valence-corrected chi connectivity index (χ1v) is 3.39. The molecule has 2 N–H and O–H groups in total. The van der Waals surface area contributed by atoms with E-state index in [1.54, 1.807) is 0 Å². The third-order valence-corrected chi connectivity index (χ3v) is 2.48. The zero-order chi connectivity index (χ0) is 7.19. The van der Waals surface area contributed by atoms with Crippen molar-refractivity contribution >= 4 is 0 Å². The molecule has 0 radical (unpaired) electrons. The Morgan fingerprint density at radius 2 is 1.70 bits per heavy atom. The molecule has 0 amide bonds. The van der Waals surface area contributed by atoms with Crippen LogP contribution in [0, 0.1) is 5.41 Å². The summed E-state index contributed by atoms with van der Waals surface area (Å²) in [5.74, 6) is 0. The summed E-state index contributed by atoms with van der Waals surface area (Å²) < 4.78 is 5.22. The molecular weight excluding hydrogens is 132 g/mol. The monoisotopic (exact) mass is 142 g/mol. The SMILES string of the molecule is OCC1(CO)C2C=CC1O2. The van der Waals surface area contributed by atoms with Gasteiger partial charge in [0, 0.05) is 0 Å². The minimum Gasteiger partial charge on any atom is -0.395 e. The number of hydrogen-bond donors (Lipinski definition) is 2. The fourth-order valence-electron chi connectivity index (χ4n) is 1.60. The molecule has 1 fully saturated rings. The van der Waals surface area contributed by atoms with E-state index in [0.717, 1.165) is 0 Å². The summed E-state index contributed by atoms with van der Waals surface area (Å²) >= 11 is 0. The smallest absolute Gasteiger partial charge is 0.0893 e. The van der Waals surface area contributed by atoms with Crippen molar-refractivity contribution in [3.63, 3.8) is 0 Å². The van der Waals surface area contributed by atoms with Crippen LogP contribution >= 0.6 is 0 Å². The highest BCUT2D eigenvalue weighted by atomic mass is 16.5. The second-order valence-electron chi connectivity index (χ2n) is 2.91. The number of aliphatic hydroxyl groups is 2. The largest absolute Gasteiger partial charge is 0.395 e. The highest BCUT2D eigenvalue weighted by Gasteiger charge is 2.57. The van der Waals surface area contributed by atoms with Gasteiger partial charge in [-0.2, -0.15) is 0 Å². The molecule has 3 nitrogen and oxygen atoms in total. The van der Waals surface area contributed by atoms with Crippen LogP contribution in [-0.4, -0.2) is 35.6 Å². The van der Waals surface area contributed by atoms with E-state index < -0.39 is 0 Å². The van der Waals surface area contributed by atoms with Gasteiger partial charge < -0.3 is 14.9 Å². The van der Waals surface area contributed by atoms with Gasteiger partial charge in [-0.1, -0.05) is 12.2 Å². The maximum absolute atomic E-state index is 8.94. The Morgan fingerprint density at radius 3 is 1.90 bits per heavy atom. The maximum atomic E-state index is 8.94. The Morgan fingerprint density at radius 1 is 1.20 bits per heavy atom. The Labute approximate surface area is 58.9 Å². The summed E-state index contributed by atoms with van der Waals surface area (Å²) in [6.45, 7) is 0.0116. The quantitative estimate of drug-likeness (QED) is 0.501. The van der Waals surface area contributed by atoms with Gasteiger partial charge in [0.15, 0.2) is 0 Å². The van der Waals surface area contributed by atoms with Gasteiger partial charge >= 0.3 is 0 Å². The topological polar surface area (TPSA) is 49.7 Å². The second kappa shape index (κ2) is 1.81. The van der Waals surface area contributed by atoms with Crippen LogP contribution in [0.2, 0.25) is 0 Å². The van der Waals surface area contributed by atoms with E-state index in [0.29, 0.717) is 0 Å². The van der Waals surface area contributed by atoms with Crippen molar-refractivity contribution in [2.24, 2.45) is 5.41 Å². The van der Waals surface area contributed by atoms with Crippen molar-refractivity contribution in [1.82, 2.24) is 0 Å². The number of hydrogen-bond acceptors (Lipinski definition) is 3. The molecular formula is C7H10O3. The molecule has 3 aliphatic rings. The van der Waals surface area contributed by atoms with E-state index in [1.165, 1.54) is 0 Å². The predicted octanol–water partition coefficient (Wildman–Crippen LogP) is -0.705. The lowest BCUT2D eigenvalue weighted by molar-refractivity contribution is -0.222. The minimum atomic E-state index is -0.389. The molecule has 1 aliphatic carbocycles. The summed E-state index contributed by atoms with van der Waals surface area (Å²) in [6, 6.07) is 0. The molecule has 2 atom stereocenters. The number of ether oxygens (including phenoxy) is 1. The molecule has 56 valence electrons. The van der Waals surface area contributed by atoms with Gasteiger partial charge in [0.2, 0.25) is 0 Å². The van der Waals surface area contributed by atoms with Crippen LogP contribution in [0.15, 0.2) is 12.2 Å². The molecule has 2 aliphatic heterocycles. The van der Waals surface area contributed by atoms with Crippen LogP contribution in [0.3, 0.4) is 0 Å². The van der Waals surface area contributed by atoms with E-state index in [1.807, 2.05) is 12.2 Å². The van der Waals surface area contributed by atoms with E-state index in [4.69, 9.17) is 14.9 Å². The first-order chi connectivity index (χ1) is 4.83. The van der Waals surface area contributed by atoms with Gasteiger partial charge in [-0.05, 0) is 0 Å². The first-order valence-electron chi connectivity index (χ1n) is 3.39. The summed E-state index contributed by atoms with van der Waals surface area (Å²) in [5, 5.41) is 17.9. The Balaban J connectivity index is 2.18. The van der Waals surface area contributed by atoms with Gasteiger partial charge in [-0.3, -0.25) is 0 Å². The van der Waals surface area contributed by atoms with Crippen LogP contribution < -0.4 is 0 Å². The highest BCUT2D eigenvalue weighted by molar-refractivity contribution is 5.24. The molecule has 2 bridgehead atoms. The van der Waals surface area contributed by atoms with Crippen molar-refractivity contribution in [3.8, 4) is 0 Å². The van der Waals surface area contributed by atoms with E-state index in [-0.39, 0.29) is 30.8 Å². The summed E-state index contributed by atoms with van der Waals surface area (Å²) in [4.78, 5) is 0. The van der Waals surface area contributed by atoms with Crippen molar-refractivity contribution in [1.29, 1.82) is 0 Å². The molecule has 2 unspecified atom stereocenters. The van der Waals surface area contributed by atoms with Crippen LogP contribution in [0.5, 0.6) is 0 Å². The zero-order valence-corrected chi connectivity index (χ0v) is 5.53. The average molecular weight is 142 g/mol. The van der Waals surface area contributed by atoms with Crippen LogP contribution in [0.4, 0.5) is 0 Å². The molecule has 3 heteroatoms. The summed E-state index contributed by atoms with van der Waals surface area (Å²) in [7, 11) is 0. The highest BCUT2D eigenvalue weighted by Crippen LogP contribution is 2.47. The van der Waals surface area contributed by atoms with Crippen LogP contribution in [-0.2, 0) is 4.74 Å². The Kier molecular flexibility index (Phi) is 1.15. The van der Waals surface area contributed by atoms with Gasteiger partial charge in [-0.15, -0.1) is 0 Å². The third kappa shape index (κ3) is 0.471. The third-order valence-electron chi connectivity index (χ3n) is 2.48. The molecule has 0 saturated carbocycles. The van der Waals surface area contributed by atoms with Gasteiger partial charge in [0.05, 0.1) is 30.8 Å². The van der Waals surface area contributed by atoms with E-state index >= 15 is 0 Å². The van der Waals surface area contributed by atoms with E-state index in [2.05, 4.69) is 0 Å². The van der Waals surface area contributed by atoms with Gasteiger partial charge in [0.25, 0.3) is 0 Å². The lowest BCUT2D eigenvalue weighted by Gasteiger charge is -2.46. The van der Waals surface area contributed by atoms with Crippen LogP contribution in [0.1, 0.15) is 0 Å². The Hall–Kier alpha value is -0.380. The maximum Gasteiger partial charge on any atom is 0.0893 e. The molecule has 0 aromatic carbocycles. The Bertz CT molecular complexity index is 158. The molecule has 0 spiro atoms. The van der Waals surface area contributed by atoms with Gasteiger partial charge in [-0.25, -0.2) is 0 Å². The van der Waals surface area contributed by atoms with E-state index in [9.17, 15) is 0 Å². The molecule has 3 rings (SSSR count). The molecule has 0 aromatic rings. The summed E-state index contributed by atoms with van der Waals surface area (Å²) in [6.07, 6.45) is 3.70. The summed E-state index contributed by atoms with van der Waals surface area (Å²) in [5.41, 5.74) is -0.389. The first kappa shape index (κ1) is 6.34. The van der Waals surface area contributed by atoms with Crippen molar-refractivity contribution in [2.45, 2.75) is 12.2 Å². The normalized spacial score (nSPS) is 39.8. The van der Waals surface area contributed by atoms with Crippen LogP contribution in [0.25, 0.3) is 0 Å².